The first-order valence-electron chi connectivity index (χ1n) is 8.38. The molecule has 0 radical (unpaired) electrons. The van der Waals surface area contributed by atoms with Crippen LogP contribution in [0, 0.1) is 0 Å². The van der Waals surface area contributed by atoms with Crippen molar-refractivity contribution < 1.29 is 9.21 Å². The fourth-order valence-corrected chi connectivity index (χ4v) is 3.57. The minimum atomic E-state index is -0.00760. The first-order chi connectivity index (χ1) is 12.8. The van der Waals surface area contributed by atoms with E-state index < -0.39 is 0 Å². The van der Waals surface area contributed by atoms with Gasteiger partial charge in [-0.25, -0.2) is 4.98 Å². The van der Waals surface area contributed by atoms with E-state index in [4.69, 9.17) is 4.42 Å². The first kappa shape index (κ1) is 16.5. The molecule has 6 heteroatoms. The third kappa shape index (κ3) is 3.81. The van der Waals surface area contributed by atoms with Crippen LogP contribution in [0.1, 0.15) is 17.7 Å². The number of pyridine rings is 1. The van der Waals surface area contributed by atoms with Gasteiger partial charge in [0.25, 0.3) is 0 Å². The van der Waals surface area contributed by atoms with Gasteiger partial charge in [-0.05, 0) is 42.3 Å². The molecule has 3 heterocycles. The van der Waals surface area contributed by atoms with E-state index in [1.807, 2.05) is 48.5 Å². The second kappa shape index (κ2) is 7.49. The largest absolute Gasteiger partial charge is 0.457 e. The Morgan fingerprint density at radius 2 is 2.04 bits per heavy atom. The van der Waals surface area contributed by atoms with Gasteiger partial charge in [0.2, 0.25) is 5.91 Å². The van der Waals surface area contributed by atoms with E-state index in [9.17, 15) is 4.79 Å². The van der Waals surface area contributed by atoms with Gasteiger partial charge in [0.15, 0.2) is 10.8 Å². The first-order valence-corrected chi connectivity index (χ1v) is 9.20. The van der Waals surface area contributed by atoms with E-state index >= 15 is 0 Å². The van der Waals surface area contributed by atoms with Crippen molar-refractivity contribution in [2.75, 3.05) is 0 Å². The molecular weight excluding hydrogens is 346 g/mol. The average Bonchev–Trinajstić information content (AvgIpc) is 3.32. The zero-order valence-corrected chi connectivity index (χ0v) is 14.8. The number of benzene rings is 1. The zero-order valence-electron chi connectivity index (χ0n) is 14.0. The van der Waals surface area contributed by atoms with Crippen LogP contribution in [0.4, 0.5) is 0 Å². The number of nitrogens with one attached hydrogen (secondary N) is 1. The van der Waals surface area contributed by atoms with Gasteiger partial charge in [-0.15, -0.1) is 11.3 Å². The third-order valence-electron chi connectivity index (χ3n) is 3.99. The summed E-state index contributed by atoms with van der Waals surface area (Å²) < 4.78 is 6.96. The number of hydrogen-bond donors (Lipinski definition) is 1. The Labute approximate surface area is 154 Å². The summed E-state index contributed by atoms with van der Waals surface area (Å²) in [5.41, 5.74) is 2.02. The molecule has 0 aliphatic rings. The molecule has 0 saturated carbocycles. The lowest BCUT2D eigenvalue weighted by molar-refractivity contribution is -0.121. The Morgan fingerprint density at radius 3 is 2.88 bits per heavy atom. The van der Waals surface area contributed by atoms with Crippen molar-refractivity contribution in [1.82, 2.24) is 15.3 Å². The molecule has 0 aliphatic heterocycles. The summed E-state index contributed by atoms with van der Waals surface area (Å²) >= 11 is 1.60. The number of amides is 1. The summed E-state index contributed by atoms with van der Waals surface area (Å²) in [7, 11) is 0. The minimum absolute atomic E-state index is 0.00760. The third-order valence-corrected chi connectivity index (χ3v) is 5.04. The Morgan fingerprint density at radius 1 is 1.12 bits per heavy atom. The molecule has 0 fully saturated rings. The van der Waals surface area contributed by atoms with Crippen LogP contribution in [0.2, 0.25) is 0 Å². The summed E-state index contributed by atoms with van der Waals surface area (Å²) in [5.74, 6) is 1.44. The van der Waals surface area contributed by atoms with Crippen molar-refractivity contribution in [1.29, 1.82) is 0 Å². The van der Waals surface area contributed by atoms with Crippen molar-refractivity contribution in [2.24, 2.45) is 0 Å². The van der Waals surface area contributed by atoms with E-state index in [1.54, 1.807) is 23.7 Å². The maximum absolute atomic E-state index is 12.0. The summed E-state index contributed by atoms with van der Waals surface area (Å²) in [5, 5.41) is 3.74. The Balaban J connectivity index is 1.34. The lowest BCUT2D eigenvalue weighted by Crippen LogP contribution is -2.22. The minimum Gasteiger partial charge on any atom is -0.457 e. The van der Waals surface area contributed by atoms with Crippen LogP contribution in [0.25, 0.3) is 21.0 Å². The number of nitrogens with zero attached hydrogens (tertiary/aromatic N) is 2. The van der Waals surface area contributed by atoms with Gasteiger partial charge in [0.05, 0.1) is 16.8 Å². The van der Waals surface area contributed by atoms with Gasteiger partial charge in [0.1, 0.15) is 5.76 Å². The number of aryl methyl sites for hydroxylation is 1. The lowest BCUT2D eigenvalue weighted by atomic mass is 10.1. The predicted molar refractivity (Wildman–Crippen MR) is 102 cm³/mol. The van der Waals surface area contributed by atoms with Crippen LogP contribution in [-0.2, 0) is 17.8 Å². The van der Waals surface area contributed by atoms with Gasteiger partial charge >= 0.3 is 0 Å². The maximum atomic E-state index is 12.0. The molecular formula is C20H17N3O2S. The number of thiazole rings is 1. The van der Waals surface area contributed by atoms with Gasteiger partial charge in [-0.3, -0.25) is 9.78 Å². The number of carbonyl (C=O) groups excluding carboxylic acids is 1. The molecule has 0 saturated heterocycles. The highest BCUT2D eigenvalue weighted by Crippen LogP contribution is 2.31. The summed E-state index contributed by atoms with van der Waals surface area (Å²) in [6.07, 6.45) is 4.61. The number of furan rings is 1. The number of rotatable bonds is 6. The molecule has 5 nitrogen and oxygen atoms in total. The van der Waals surface area contributed by atoms with Crippen LogP contribution >= 0.6 is 11.3 Å². The van der Waals surface area contributed by atoms with Gasteiger partial charge in [-0.1, -0.05) is 18.2 Å². The van der Waals surface area contributed by atoms with Crippen LogP contribution in [0.15, 0.2) is 65.3 Å². The van der Waals surface area contributed by atoms with Crippen molar-refractivity contribution in [2.45, 2.75) is 19.4 Å². The van der Waals surface area contributed by atoms with Crippen LogP contribution in [0.5, 0.6) is 0 Å². The highest BCUT2D eigenvalue weighted by Gasteiger charge is 2.11. The molecule has 1 aromatic carbocycles. The van der Waals surface area contributed by atoms with Crippen molar-refractivity contribution in [3.63, 3.8) is 0 Å². The van der Waals surface area contributed by atoms with Crippen LogP contribution in [0.3, 0.4) is 0 Å². The average molecular weight is 363 g/mol. The normalized spacial score (nSPS) is 10.9. The Bertz CT molecular complexity index is 991. The number of carbonyl (C=O) groups is 1. The van der Waals surface area contributed by atoms with Gasteiger partial charge in [0, 0.05) is 18.8 Å². The van der Waals surface area contributed by atoms with E-state index in [1.165, 1.54) is 0 Å². The quantitative estimate of drug-likeness (QED) is 0.557. The highest BCUT2D eigenvalue weighted by molar-refractivity contribution is 7.21. The number of aromatic nitrogens is 2. The van der Waals surface area contributed by atoms with Gasteiger partial charge in [-0.2, -0.15) is 0 Å². The molecule has 0 unspecified atom stereocenters. The molecule has 4 rings (SSSR count). The monoisotopic (exact) mass is 363 g/mol. The zero-order chi connectivity index (χ0) is 17.8. The molecule has 4 aromatic rings. The topological polar surface area (TPSA) is 68.0 Å². The predicted octanol–water partition coefficient (Wildman–Crippen LogP) is 4.20. The smallest absolute Gasteiger partial charge is 0.220 e. The number of fused-ring (bicyclic) bond motifs is 1. The fourth-order valence-electron chi connectivity index (χ4n) is 2.64. The summed E-state index contributed by atoms with van der Waals surface area (Å²) in [6.45, 7) is 0.372. The fraction of sp³-hybridized carbons (Fsp3) is 0.150. The molecule has 0 aliphatic carbocycles. The molecule has 0 spiro atoms. The molecule has 1 N–H and O–H groups in total. The van der Waals surface area contributed by atoms with Crippen LogP contribution < -0.4 is 5.32 Å². The number of para-hydroxylation sites is 1. The number of hydrogen-bond acceptors (Lipinski definition) is 5. The van der Waals surface area contributed by atoms with E-state index in [0.29, 0.717) is 25.1 Å². The standard InChI is InChI=1S/C20H17N3O2S/c24-19(10-7-14-4-3-11-21-12-14)22-13-15-8-9-17(25-15)20-23-16-5-1-2-6-18(16)26-20/h1-6,8-9,11-12H,7,10,13H2,(H,22,24). The summed E-state index contributed by atoms with van der Waals surface area (Å²) in [6, 6.07) is 15.6. The molecule has 0 atom stereocenters. The molecule has 0 bridgehead atoms. The van der Waals surface area contributed by atoms with Gasteiger partial charge < -0.3 is 9.73 Å². The second-order valence-electron chi connectivity index (χ2n) is 5.89. The Hall–Kier alpha value is -2.99. The summed E-state index contributed by atoms with van der Waals surface area (Å²) in [4.78, 5) is 20.6. The molecule has 3 aromatic heterocycles. The van der Waals surface area contributed by atoms with Crippen molar-refractivity contribution in [3.8, 4) is 10.8 Å². The SMILES string of the molecule is O=C(CCc1cccnc1)NCc1ccc(-c2nc3ccccc3s2)o1. The second-order valence-corrected chi connectivity index (χ2v) is 6.92. The van der Waals surface area contributed by atoms with E-state index in [2.05, 4.69) is 15.3 Å². The highest BCUT2D eigenvalue weighted by atomic mass is 32.1. The maximum Gasteiger partial charge on any atom is 0.220 e. The van der Waals surface area contributed by atoms with Crippen LogP contribution in [-0.4, -0.2) is 15.9 Å². The lowest BCUT2D eigenvalue weighted by Gasteiger charge is -2.03. The van der Waals surface area contributed by atoms with E-state index in [-0.39, 0.29) is 5.91 Å². The molecule has 130 valence electrons. The van der Waals surface area contributed by atoms with E-state index in [0.717, 1.165) is 26.5 Å². The van der Waals surface area contributed by atoms with Crippen molar-refractivity contribution >= 4 is 27.5 Å². The van der Waals surface area contributed by atoms with Crippen molar-refractivity contribution in [3.05, 3.63) is 72.2 Å². The molecule has 26 heavy (non-hydrogen) atoms. The molecule has 1 amide bonds. The Kier molecular flexibility index (Phi) is 4.75.